The molecule has 0 saturated carbocycles. The fourth-order valence-electron chi connectivity index (χ4n) is 3.11. The van der Waals surface area contributed by atoms with Gasteiger partial charge in [-0.15, -0.1) is 0 Å². The first-order valence-electron chi connectivity index (χ1n) is 9.19. The van der Waals surface area contributed by atoms with E-state index >= 15 is 0 Å². The summed E-state index contributed by atoms with van der Waals surface area (Å²) in [6.45, 7) is 7.88. The molecule has 3 rings (SSSR count). The van der Waals surface area contributed by atoms with Crippen molar-refractivity contribution in [3.63, 3.8) is 0 Å². The number of nitrogens with zero attached hydrogens (tertiary/aromatic N) is 1. The number of nitro benzene ring substituents is 1. The number of rotatable bonds is 6. The third kappa shape index (κ3) is 4.29. The third-order valence-corrected chi connectivity index (χ3v) is 4.62. The summed E-state index contributed by atoms with van der Waals surface area (Å²) in [4.78, 5) is 22.9. The van der Waals surface area contributed by atoms with E-state index in [0.29, 0.717) is 23.6 Å². The van der Waals surface area contributed by atoms with E-state index in [2.05, 4.69) is 5.32 Å². The second-order valence-corrected chi connectivity index (χ2v) is 6.77. The molecule has 7 nitrogen and oxygen atoms in total. The first-order chi connectivity index (χ1) is 13.8. The molecule has 0 bridgehead atoms. The zero-order valence-corrected chi connectivity index (χ0v) is 16.7. The third-order valence-electron chi connectivity index (χ3n) is 4.62. The molecule has 1 amide bonds. The van der Waals surface area contributed by atoms with Crippen LogP contribution in [0.1, 0.15) is 30.5 Å². The van der Waals surface area contributed by atoms with E-state index in [1.807, 2.05) is 32.9 Å². The van der Waals surface area contributed by atoms with Gasteiger partial charge in [0.15, 0.2) is 0 Å². The van der Waals surface area contributed by atoms with Gasteiger partial charge < -0.3 is 14.5 Å². The van der Waals surface area contributed by atoms with Crippen LogP contribution in [0.4, 0.5) is 11.4 Å². The monoisotopic (exact) mass is 394 g/mol. The lowest BCUT2D eigenvalue weighted by atomic mass is 10.0. The Bertz CT molecular complexity index is 1130. The van der Waals surface area contributed by atoms with Crippen LogP contribution in [0, 0.1) is 24.0 Å². The molecule has 3 aromatic rings. The van der Waals surface area contributed by atoms with Crippen molar-refractivity contribution < 1.29 is 18.9 Å². The minimum Gasteiger partial charge on any atom is -0.493 e. The molecule has 2 aromatic carbocycles. The van der Waals surface area contributed by atoms with Crippen LogP contribution in [0.2, 0.25) is 0 Å². The predicted octanol–water partition coefficient (Wildman–Crippen LogP) is 5.40. The molecule has 0 saturated heterocycles. The van der Waals surface area contributed by atoms with Gasteiger partial charge in [0.05, 0.1) is 17.8 Å². The number of ether oxygens (including phenoxy) is 1. The zero-order chi connectivity index (χ0) is 21.1. The number of anilines is 1. The van der Waals surface area contributed by atoms with Crippen LogP contribution in [0.5, 0.6) is 5.75 Å². The van der Waals surface area contributed by atoms with Crippen LogP contribution >= 0.6 is 0 Å². The first-order valence-corrected chi connectivity index (χ1v) is 9.19. The molecule has 1 heterocycles. The summed E-state index contributed by atoms with van der Waals surface area (Å²) in [5.41, 5.74) is 4.39. The van der Waals surface area contributed by atoms with Gasteiger partial charge >= 0.3 is 0 Å². The van der Waals surface area contributed by atoms with Crippen LogP contribution in [0.3, 0.4) is 0 Å². The number of non-ortho nitro benzene ring substituents is 1. The van der Waals surface area contributed by atoms with Gasteiger partial charge in [0.2, 0.25) is 5.91 Å². The summed E-state index contributed by atoms with van der Waals surface area (Å²) in [6, 6.07) is 8.10. The summed E-state index contributed by atoms with van der Waals surface area (Å²) in [7, 11) is 0. The molecule has 0 aliphatic carbocycles. The Balaban J connectivity index is 1.90. The van der Waals surface area contributed by atoms with Crippen molar-refractivity contribution in [3.05, 3.63) is 69.5 Å². The second kappa shape index (κ2) is 8.18. The smallest absolute Gasteiger partial charge is 0.269 e. The highest BCUT2D eigenvalue weighted by molar-refractivity contribution is 6.05. The molecule has 1 aromatic heterocycles. The van der Waals surface area contributed by atoms with Crippen molar-refractivity contribution in [1.82, 2.24) is 0 Å². The summed E-state index contributed by atoms with van der Waals surface area (Å²) < 4.78 is 11.3. The minimum absolute atomic E-state index is 0.0163. The fourth-order valence-corrected chi connectivity index (χ4v) is 3.11. The number of carbonyl (C=O) groups excluding carboxylic acids is 1. The van der Waals surface area contributed by atoms with Crippen LogP contribution in [-0.2, 0) is 4.79 Å². The van der Waals surface area contributed by atoms with Crippen LogP contribution < -0.4 is 10.1 Å². The number of carbonyl (C=O) groups is 1. The molecule has 0 radical (unpaired) electrons. The number of amides is 1. The van der Waals surface area contributed by atoms with Gasteiger partial charge in [-0.25, -0.2) is 0 Å². The quantitative estimate of drug-likeness (QED) is 0.343. The number of hydrogen-bond acceptors (Lipinski definition) is 5. The SMILES string of the molecule is CCOc1cc2occ(C)c2cc1/C(C)=C/C(=O)Nc1ccc([N+](=O)[O-])cc1C. The molecule has 1 N–H and O–H groups in total. The largest absolute Gasteiger partial charge is 0.493 e. The topological polar surface area (TPSA) is 94.6 Å². The van der Waals surface area contributed by atoms with Gasteiger partial charge in [-0.2, -0.15) is 0 Å². The van der Waals surface area contributed by atoms with Crippen molar-refractivity contribution in [2.24, 2.45) is 0 Å². The highest BCUT2D eigenvalue weighted by Gasteiger charge is 2.14. The Labute approximate surface area is 168 Å². The molecular weight excluding hydrogens is 372 g/mol. The Kier molecular flexibility index (Phi) is 5.68. The Morgan fingerprint density at radius 1 is 1.24 bits per heavy atom. The van der Waals surface area contributed by atoms with E-state index in [1.54, 1.807) is 13.2 Å². The highest BCUT2D eigenvalue weighted by atomic mass is 16.6. The fraction of sp³-hybridized carbons (Fsp3) is 0.227. The maximum atomic E-state index is 12.5. The molecule has 0 fully saturated rings. The Morgan fingerprint density at radius 3 is 2.66 bits per heavy atom. The highest BCUT2D eigenvalue weighted by Crippen LogP contribution is 2.33. The first kappa shape index (κ1) is 20.1. The van der Waals surface area contributed by atoms with E-state index in [1.165, 1.54) is 24.3 Å². The van der Waals surface area contributed by atoms with Gasteiger partial charge in [0.25, 0.3) is 5.69 Å². The van der Waals surface area contributed by atoms with Crippen molar-refractivity contribution in [3.8, 4) is 5.75 Å². The lowest BCUT2D eigenvalue weighted by Crippen LogP contribution is -2.10. The van der Waals surface area contributed by atoms with Crippen LogP contribution in [0.25, 0.3) is 16.5 Å². The second-order valence-electron chi connectivity index (χ2n) is 6.77. The molecule has 0 aliphatic heterocycles. The van der Waals surface area contributed by atoms with Gasteiger partial charge in [-0.05, 0) is 56.5 Å². The van der Waals surface area contributed by atoms with Crippen molar-refractivity contribution in [2.75, 3.05) is 11.9 Å². The molecule has 0 spiro atoms. The summed E-state index contributed by atoms with van der Waals surface area (Å²) >= 11 is 0. The van der Waals surface area contributed by atoms with Crippen LogP contribution in [-0.4, -0.2) is 17.4 Å². The van der Waals surface area contributed by atoms with E-state index in [0.717, 1.165) is 27.7 Å². The van der Waals surface area contributed by atoms with E-state index in [9.17, 15) is 14.9 Å². The molecule has 29 heavy (non-hydrogen) atoms. The lowest BCUT2D eigenvalue weighted by Gasteiger charge is -2.12. The number of nitrogens with one attached hydrogen (secondary N) is 1. The lowest BCUT2D eigenvalue weighted by molar-refractivity contribution is -0.384. The van der Waals surface area contributed by atoms with E-state index < -0.39 is 4.92 Å². The Hall–Kier alpha value is -3.61. The van der Waals surface area contributed by atoms with E-state index in [-0.39, 0.29) is 11.6 Å². The summed E-state index contributed by atoms with van der Waals surface area (Å²) in [6.07, 6.45) is 3.17. The standard InChI is InChI=1S/C22H22N2O5/c1-5-28-20-11-21-18(15(4)12-29-21)10-17(20)13(2)9-22(25)23-19-7-6-16(24(26)27)8-14(19)3/h6-12H,5H2,1-4H3,(H,23,25)/b13-9+. The van der Waals surface area contributed by atoms with Gasteiger partial charge in [0, 0.05) is 40.9 Å². The molecule has 150 valence electrons. The van der Waals surface area contributed by atoms with Crippen molar-refractivity contribution >= 4 is 33.8 Å². The zero-order valence-electron chi connectivity index (χ0n) is 16.7. The number of hydrogen-bond donors (Lipinski definition) is 1. The number of furan rings is 1. The number of allylic oxidation sites excluding steroid dienone is 1. The van der Waals surface area contributed by atoms with Gasteiger partial charge in [0.1, 0.15) is 11.3 Å². The number of nitro groups is 1. The van der Waals surface area contributed by atoms with Crippen molar-refractivity contribution in [2.45, 2.75) is 27.7 Å². The number of benzene rings is 2. The molecule has 0 atom stereocenters. The molecule has 0 aliphatic rings. The predicted molar refractivity (Wildman–Crippen MR) is 112 cm³/mol. The van der Waals surface area contributed by atoms with Gasteiger partial charge in [-0.3, -0.25) is 14.9 Å². The van der Waals surface area contributed by atoms with Crippen molar-refractivity contribution in [1.29, 1.82) is 0 Å². The normalized spacial score (nSPS) is 11.5. The van der Waals surface area contributed by atoms with Gasteiger partial charge in [-0.1, -0.05) is 0 Å². The molecular formula is C22H22N2O5. The molecule has 7 heteroatoms. The maximum absolute atomic E-state index is 12.5. The maximum Gasteiger partial charge on any atom is 0.269 e. The summed E-state index contributed by atoms with van der Waals surface area (Å²) in [5, 5.41) is 14.6. The average molecular weight is 394 g/mol. The molecule has 0 unspecified atom stereocenters. The number of fused-ring (bicyclic) bond motifs is 1. The summed E-state index contributed by atoms with van der Waals surface area (Å²) in [5.74, 6) is 0.313. The number of aryl methyl sites for hydroxylation is 2. The van der Waals surface area contributed by atoms with E-state index in [4.69, 9.17) is 9.15 Å². The average Bonchev–Trinajstić information content (AvgIpc) is 3.02. The van der Waals surface area contributed by atoms with Crippen LogP contribution in [0.15, 0.2) is 47.1 Å². The minimum atomic E-state index is -0.466. The Morgan fingerprint density at radius 2 is 2.00 bits per heavy atom.